The van der Waals surface area contributed by atoms with Gasteiger partial charge in [0.1, 0.15) is 4.90 Å². The van der Waals surface area contributed by atoms with Gasteiger partial charge < -0.3 is 4.74 Å². The van der Waals surface area contributed by atoms with Gasteiger partial charge in [0.05, 0.1) is 12.8 Å². The van der Waals surface area contributed by atoms with Gasteiger partial charge in [-0.05, 0) is 37.6 Å². The SMILES string of the molecule is COC(=O)c1ncccc1S(=O)(=O)Nc1c(C)cc(C)nc1Cl. The molecule has 0 bridgehead atoms. The number of sulfonamides is 1. The summed E-state index contributed by atoms with van der Waals surface area (Å²) in [7, 11) is -2.95. The van der Waals surface area contributed by atoms with Gasteiger partial charge in [0.15, 0.2) is 10.8 Å². The number of aryl methyl sites for hydroxylation is 2. The van der Waals surface area contributed by atoms with Crippen LogP contribution in [0.15, 0.2) is 29.3 Å². The summed E-state index contributed by atoms with van der Waals surface area (Å²) in [4.78, 5) is 19.2. The van der Waals surface area contributed by atoms with Crippen molar-refractivity contribution in [3.63, 3.8) is 0 Å². The number of hydrogen-bond donors (Lipinski definition) is 1. The summed E-state index contributed by atoms with van der Waals surface area (Å²) in [5.41, 5.74) is 1.11. The summed E-state index contributed by atoms with van der Waals surface area (Å²) in [5.74, 6) is -0.851. The third-order valence-electron chi connectivity index (χ3n) is 2.98. The minimum absolute atomic E-state index is 0.0228. The molecule has 2 aromatic rings. The number of ether oxygens (including phenoxy) is 1. The summed E-state index contributed by atoms with van der Waals surface area (Å²) in [6.07, 6.45) is 1.30. The quantitative estimate of drug-likeness (QED) is 0.667. The average Bonchev–Trinajstić information content (AvgIpc) is 2.50. The largest absolute Gasteiger partial charge is 0.464 e. The first-order valence-electron chi connectivity index (χ1n) is 6.46. The summed E-state index contributed by atoms with van der Waals surface area (Å²) in [6, 6.07) is 4.35. The Bertz CT molecular complexity index is 845. The fourth-order valence-electron chi connectivity index (χ4n) is 1.96. The van der Waals surface area contributed by atoms with Gasteiger partial charge in [0, 0.05) is 11.9 Å². The van der Waals surface area contributed by atoms with Crippen molar-refractivity contribution < 1.29 is 17.9 Å². The second-order valence-corrected chi connectivity index (χ2v) is 6.70. The smallest absolute Gasteiger partial charge is 0.358 e. The zero-order valence-electron chi connectivity index (χ0n) is 12.6. The van der Waals surface area contributed by atoms with Crippen molar-refractivity contribution in [1.29, 1.82) is 0 Å². The van der Waals surface area contributed by atoms with Crippen molar-refractivity contribution >= 4 is 33.3 Å². The highest BCUT2D eigenvalue weighted by Gasteiger charge is 2.25. The van der Waals surface area contributed by atoms with E-state index < -0.39 is 16.0 Å². The lowest BCUT2D eigenvalue weighted by Gasteiger charge is -2.13. The number of pyridine rings is 2. The average molecular weight is 356 g/mol. The van der Waals surface area contributed by atoms with Crippen LogP contribution in [0.5, 0.6) is 0 Å². The highest BCUT2D eigenvalue weighted by atomic mass is 35.5. The Balaban J connectivity index is 2.51. The zero-order valence-corrected chi connectivity index (χ0v) is 14.2. The lowest BCUT2D eigenvalue weighted by molar-refractivity contribution is 0.0589. The van der Waals surface area contributed by atoms with Gasteiger partial charge in [-0.1, -0.05) is 11.6 Å². The van der Waals surface area contributed by atoms with Crippen LogP contribution in [0.3, 0.4) is 0 Å². The molecule has 0 radical (unpaired) electrons. The maximum atomic E-state index is 12.6. The molecule has 23 heavy (non-hydrogen) atoms. The van der Waals surface area contributed by atoms with Crippen LogP contribution in [0.4, 0.5) is 5.69 Å². The minimum Gasteiger partial charge on any atom is -0.464 e. The maximum Gasteiger partial charge on any atom is 0.358 e. The predicted octanol–water partition coefficient (Wildman–Crippen LogP) is 2.33. The molecule has 0 saturated carbocycles. The highest BCUT2D eigenvalue weighted by molar-refractivity contribution is 7.92. The normalized spacial score (nSPS) is 11.1. The Hall–Kier alpha value is -2.19. The van der Waals surface area contributed by atoms with Crippen molar-refractivity contribution in [2.24, 2.45) is 0 Å². The van der Waals surface area contributed by atoms with Crippen molar-refractivity contribution in [2.75, 3.05) is 11.8 Å². The lowest BCUT2D eigenvalue weighted by Crippen LogP contribution is -2.19. The monoisotopic (exact) mass is 355 g/mol. The Morgan fingerprint density at radius 3 is 2.65 bits per heavy atom. The first kappa shape index (κ1) is 17.2. The van der Waals surface area contributed by atoms with Gasteiger partial charge in [-0.2, -0.15) is 0 Å². The number of nitrogens with one attached hydrogen (secondary N) is 1. The number of aromatic nitrogens is 2. The van der Waals surface area contributed by atoms with Gasteiger partial charge in [0.2, 0.25) is 0 Å². The molecular weight excluding hydrogens is 342 g/mol. The van der Waals surface area contributed by atoms with E-state index in [1.54, 1.807) is 19.9 Å². The number of hydrogen-bond acceptors (Lipinski definition) is 6. The molecule has 1 N–H and O–H groups in total. The topological polar surface area (TPSA) is 98.2 Å². The van der Waals surface area contributed by atoms with E-state index in [-0.39, 0.29) is 21.4 Å². The van der Waals surface area contributed by atoms with Crippen LogP contribution in [-0.2, 0) is 14.8 Å². The molecule has 0 unspecified atom stereocenters. The Morgan fingerprint density at radius 1 is 1.35 bits per heavy atom. The summed E-state index contributed by atoms with van der Waals surface area (Å²) < 4.78 is 32.1. The third kappa shape index (κ3) is 3.59. The van der Waals surface area contributed by atoms with E-state index >= 15 is 0 Å². The molecule has 0 aromatic carbocycles. The molecule has 0 saturated heterocycles. The summed E-state index contributed by atoms with van der Waals surface area (Å²) in [6.45, 7) is 3.44. The van der Waals surface area contributed by atoms with Gasteiger partial charge in [-0.25, -0.2) is 23.2 Å². The number of halogens is 1. The van der Waals surface area contributed by atoms with E-state index in [1.807, 2.05) is 0 Å². The number of anilines is 1. The molecule has 0 amide bonds. The second-order valence-electron chi connectivity index (χ2n) is 4.69. The molecule has 0 spiro atoms. The number of esters is 1. The number of nitrogens with zero attached hydrogens (tertiary/aromatic N) is 2. The molecule has 0 aliphatic carbocycles. The van der Waals surface area contributed by atoms with Crippen LogP contribution >= 0.6 is 11.6 Å². The molecule has 9 heteroatoms. The van der Waals surface area contributed by atoms with Crippen LogP contribution in [0.1, 0.15) is 21.7 Å². The third-order valence-corrected chi connectivity index (χ3v) is 4.63. The molecule has 0 aliphatic rings. The number of rotatable bonds is 4. The molecule has 7 nitrogen and oxygen atoms in total. The molecule has 0 fully saturated rings. The number of carbonyl (C=O) groups excluding carboxylic acids is 1. The van der Waals surface area contributed by atoms with Gasteiger partial charge in [-0.3, -0.25) is 4.72 Å². The number of carbonyl (C=O) groups is 1. The molecule has 0 aliphatic heterocycles. The Morgan fingerprint density at radius 2 is 2.04 bits per heavy atom. The Kier molecular flexibility index (Phi) is 4.86. The first-order chi connectivity index (χ1) is 10.8. The standard InChI is InChI=1S/C14H14ClN3O4S/c1-8-7-9(2)17-13(15)11(8)18-23(20,21)10-5-4-6-16-12(10)14(19)22-3/h4-7,18H,1-3H3. The fraction of sp³-hybridized carbons (Fsp3) is 0.214. The van der Waals surface area contributed by atoms with Crippen molar-refractivity contribution in [3.05, 3.63) is 46.5 Å². The fourth-order valence-corrected chi connectivity index (χ4v) is 3.63. The second kappa shape index (κ2) is 6.51. The van der Waals surface area contributed by atoms with Crippen molar-refractivity contribution in [3.8, 4) is 0 Å². The van der Waals surface area contributed by atoms with Crippen LogP contribution < -0.4 is 4.72 Å². The van der Waals surface area contributed by atoms with Gasteiger partial charge in [-0.15, -0.1) is 0 Å². The molecule has 2 aromatic heterocycles. The van der Waals surface area contributed by atoms with Gasteiger partial charge in [0.25, 0.3) is 10.0 Å². The van der Waals surface area contributed by atoms with E-state index in [2.05, 4.69) is 19.4 Å². The van der Waals surface area contributed by atoms with Crippen LogP contribution in [-0.4, -0.2) is 31.5 Å². The van der Waals surface area contributed by atoms with Gasteiger partial charge >= 0.3 is 5.97 Å². The minimum atomic E-state index is -4.09. The first-order valence-corrected chi connectivity index (χ1v) is 8.32. The molecule has 2 heterocycles. The zero-order chi connectivity index (χ0) is 17.2. The summed E-state index contributed by atoms with van der Waals surface area (Å²) in [5, 5.41) is 0.0228. The molecule has 2 rings (SSSR count). The number of methoxy groups -OCH3 is 1. The lowest BCUT2D eigenvalue weighted by atomic mass is 10.2. The van der Waals surface area contributed by atoms with Crippen LogP contribution in [0.2, 0.25) is 5.15 Å². The molecule has 0 atom stereocenters. The van der Waals surface area contributed by atoms with Crippen LogP contribution in [0.25, 0.3) is 0 Å². The molecule has 122 valence electrons. The van der Waals surface area contributed by atoms with E-state index in [0.29, 0.717) is 11.3 Å². The van der Waals surface area contributed by atoms with Crippen molar-refractivity contribution in [1.82, 2.24) is 9.97 Å². The van der Waals surface area contributed by atoms with E-state index in [1.165, 1.54) is 18.3 Å². The maximum absolute atomic E-state index is 12.6. The summed E-state index contributed by atoms with van der Waals surface area (Å²) >= 11 is 6.01. The Labute approximate surface area is 138 Å². The molecular formula is C14H14ClN3O4S. The van der Waals surface area contributed by atoms with Crippen molar-refractivity contribution in [2.45, 2.75) is 18.7 Å². The predicted molar refractivity (Wildman–Crippen MR) is 85.1 cm³/mol. The van der Waals surface area contributed by atoms with E-state index in [4.69, 9.17) is 11.6 Å². The highest BCUT2D eigenvalue weighted by Crippen LogP contribution is 2.27. The van der Waals surface area contributed by atoms with E-state index in [9.17, 15) is 13.2 Å². The van der Waals surface area contributed by atoms with E-state index in [0.717, 1.165) is 7.11 Å². The van der Waals surface area contributed by atoms with Crippen LogP contribution in [0, 0.1) is 13.8 Å².